The van der Waals surface area contributed by atoms with Gasteiger partial charge in [-0.1, -0.05) is 60.7 Å². The van der Waals surface area contributed by atoms with E-state index in [9.17, 15) is 4.79 Å². The largest absolute Gasteiger partial charge is 0.291 e. The maximum Gasteiger partial charge on any atom is 0.201 e. The van der Waals surface area contributed by atoms with Crippen molar-refractivity contribution < 1.29 is 4.79 Å². The average molecular weight is 251 g/mol. The molecule has 0 atom stereocenters. The van der Waals surface area contributed by atoms with Gasteiger partial charge in [0, 0.05) is 5.92 Å². The van der Waals surface area contributed by atoms with Crippen LogP contribution in [0.25, 0.3) is 0 Å². The lowest BCUT2D eigenvalue weighted by atomic mass is 9.94. The van der Waals surface area contributed by atoms with Crippen molar-refractivity contribution in [3.63, 3.8) is 0 Å². The van der Waals surface area contributed by atoms with E-state index < -0.39 is 0 Å². The van der Waals surface area contributed by atoms with E-state index in [0.29, 0.717) is 0 Å². The van der Waals surface area contributed by atoms with Gasteiger partial charge in [-0.25, -0.2) is 0 Å². The molecule has 0 fully saturated rings. The van der Waals surface area contributed by atoms with E-state index in [1.165, 1.54) is 11.1 Å². The minimum atomic E-state index is 0.0420. The number of benzene rings is 2. The molecule has 0 saturated carbocycles. The highest BCUT2D eigenvalue weighted by atomic mass is 16.1. The van der Waals surface area contributed by atoms with Crippen molar-refractivity contribution in [2.45, 2.75) is 25.7 Å². The van der Waals surface area contributed by atoms with Gasteiger partial charge in [-0.05, 0) is 36.8 Å². The Bertz CT molecular complexity index is 432. The molecule has 1 heteroatoms. The van der Waals surface area contributed by atoms with Gasteiger partial charge in [0.2, 0.25) is 6.29 Å². The molecule has 0 aliphatic rings. The Morgan fingerprint density at radius 3 is 1.53 bits per heavy atom. The molecule has 19 heavy (non-hydrogen) atoms. The van der Waals surface area contributed by atoms with Crippen LogP contribution < -0.4 is 0 Å². The summed E-state index contributed by atoms with van der Waals surface area (Å²) in [7, 11) is 0. The molecule has 0 spiro atoms. The number of carbonyl (C=O) groups excluding carboxylic acids is 1. The van der Waals surface area contributed by atoms with Crippen molar-refractivity contribution >= 4 is 6.29 Å². The monoisotopic (exact) mass is 251 g/mol. The van der Waals surface area contributed by atoms with Crippen LogP contribution in [-0.4, -0.2) is 6.29 Å². The Labute approximate surface area is 115 Å². The van der Waals surface area contributed by atoms with Gasteiger partial charge in [-0.15, -0.1) is 0 Å². The Morgan fingerprint density at radius 2 is 1.16 bits per heavy atom. The van der Waals surface area contributed by atoms with E-state index in [1.54, 1.807) is 0 Å². The molecule has 1 nitrogen and oxygen atoms in total. The van der Waals surface area contributed by atoms with Crippen LogP contribution in [0.2, 0.25) is 0 Å². The SMILES string of the molecule is O=[C]C(CCc1ccccc1)CCc1ccccc1. The molecule has 0 aliphatic heterocycles. The predicted octanol–water partition coefficient (Wildman–Crippen LogP) is 3.98. The number of hydrogen-bond donors (Lipinski definition) is 0. The third-order valence-electron chi connectivity index (χ3n) is 3.42. The summed E-state index contributed by atoms with van der Waals surface area (Å²) in [6.45, 7) is 0. The standard InChI is InChI=1S/C18H19O/c19-15-18(13-11-16-7-3-1-4-8-16)14-12-17-9-5-2-6-10-17/h1-10,18H,11-14H2. The summed E-state index contributed by atoms with van der Waals surface area (Å²) in [5, 5.41) is 0. The van der Waals surface area contributed by atoms with Crippen molar-refractivity contribution in [2.75, 3.05) is 0 Å². The zero-order valence-corrected chi connectivity index (χ0v) is 11.1. The minimum Gasteiger partial charge on any atom is -0.291 e. The van der Waals surface area contributed by atoms with Crippen LogP contribution in [0.5, 0.6) is 0 Å². The molecule has 0 N–H and O–H groups in total. The number of rotatable bonds is 7. The molecule has 0 heterocycles. The summed E-state index contributed by atoms with van der Waals surface area (Å²) < 4.78 is 0. The summed E-state index contributed by atoms with van der Waals surface area (Å²) in [4.78, 5) is 11.0. The summed E-state index contributed by atoms with van der Waals surface area (Å²) in [5.41, 5.74) is 2.59. The molecule has 2 aromatic rings. The second-order valence-corrected chi connectivity index (χ2v) is 4.86. The van der Waals surface area contributed by atoms with Gasteiger partial charge in [-0.3, -0.25) is 4.79 Å². The highest BCUT2D eigenvalue weighted by Crippen LogP contribution is 2.14. The van der Waals surface area contributed by atoms with E-state index in [-0.39, 0.29) is 5.92 Å². The van der Waals surface area contributed by atoms with Gasteiger partial charge in [0.05, 0.1) is 0 Å². The molecule has 1 radical (unpaired) electrons. The Balaban J connectivity index is 1.79. The fraction of sp³-hybridized carbons (Fsp3) is 0.278. The van der Waals surface area contributed by atoms with Gasteiger partial charge >= 0.3 is 0 Å². The smallest absolute Gasteiger partial charge is 0.201 e. The first-order chi connectivity index (χ1) is 9.38. The van der Waals surface area contributed by atoms with Crippen molar-refractivity contribution in [1.82, 2.24) is 0 Å². The Morgan fingerprint density at radius 1 is 0.737 bits per heavy atom. The van der Waals surface area contributed by atoms with Gasteiger partial charge in [0.1, 0.15) is 0 Å². The Hall–Kier alpha value is -1.89. The quantitative estimate of drug-likeness (QED) is 0.727. The highest BCUT2D eigenvalue weighted by Gasteiger charge is 2.09. The first-order valence-electron chi connectivity index (χ1n) is 6.84. The van der Waals surface area contributed by atoms with Crippen LogP contribution in [0.3, 0.4) is 0 Å². The van der Waals surface area contributed by atoms with E-state index in [2.05, 4.69) is 30.6 Å². The molecule has 0 amide bonds. The summed E-state index contributed by atoms with van der Waals surface area (Å²) in [6, 6.07) is 20.6. The molecule has 0 aliphatic carbocycles. The second-order valence-electron chi connectivity index (χ2n) is 4.86. The molecule has 0 saturated heterocycles. The lowest BCUT2D eigenvalue weighted by Gasteiger charge is -2.09. The van der Waals surface area contributed by atoms with Gasteiger partial charge in [-0.2, -0.15) is 0 Å². The topological polar surface area (TPSA) is 17.1 Å². The molecule has 2 aromatic carbocycles. The zero-order chi connectivity index (χ0) is 13.3. The fourth-order valence-electron chi connectivity index (χ4n) is 2.23. The molecule has 0 aromatic heterocycles. The summed E-state index contributed by atoms with van der Waals surface area (Å²) in [5.74, 6) is 0.0420. The van der Waals surface area contributed by atoms with E-state index in [0.717, 1.165) is 25.7 Å². The lowest BCUT2D eigenvalue weighted by Crippen LogP contribution is -2.05. The summed E-state index contributed by atoms with van der Waals surface area (Å²) >= 11 is 0. The molecular formula is C18H19O. The molecule has 0 unspecified atom stereocenters. The number of hydrogen-bond acceptors (Lipinski definition) is 1. The van der Waals surface area contributed by atoms with E-state index in [4.69, 9.17) is 0 Å². The van der Waals surface area contributed by atoms with Gasteiger partial charge in [0.15, 0.2) is 0 Å². The maximum atomic E-state index is 11.0. The predicted molar refractivity (Wildman–Crippen MR) is 78.7 cm³/mol. The Kier molecular flexibility index (Phi) is 5.36. The fourth-order valence-corrected chi connectivity index (χ4v) is 2.23. The summed E-state index contributed by atoms with van der Waals surface area (Å²) in [6.07, 6.45) is 5.88. The van der Waals surface area contributed by atoms with Crippen molar-refractivity contribution in [3.8, 4) is 0 Å². The maximum absolute atomic E-state index is 11.0. The van der Waals surface area contributed by atoms with Crippen molar-refractivity contribution in [2.24, 2.45) is 5.92 Å². The van der Waals surface area contributed by atoms with Crippen LogP contribution in [0.15, 0.2) is 60.7 Å². The number of aryl methyl sites for hydroxylation is 2. The minimum absolute atomic E-state index is 0.0420. The first kappa shape index (κ1) is 13.5. The first-order valence-corrected chi connectivity index (χ1v) is 6.84. The third-order valence-corrected chi connectivity index (χ3v) is 3.42. The second kappa shape index (κ2) is 7.52. The van der Waals surface area contributed by atoms with Crippen molar-refractivity contribution in [1.29, 1.82) is 0 Å². The molecule has 97 valence electrons. The van der Waals surface area contributed by atoms with E-state index >= 15 is 0 Å². The zero-order valence-electron chi connectivity index (χ0n) is 11.1. The van der Waals surface area contributed by atoms with Gasteiger partial charge in [0.25, 0.3) is 0 Å². The third kappa shape index (κ3) is 4.70. The van der Waals surface area contributed by atoms with Crippen LogP contribution in [-0.2, 0) is 17.6 Å². The highest BCUT2D eigenvalue weighted by molar-refractivity contribution is 5.54. The molecule has 0 bridgehead atoms. The van der Waals surface area contributed by atoms with E-state index in [1.807, 2.05) is 36.4 Å². The van der Waals surface area contributed by atoms with Crippen LogP contribution >= 0.6 is 0 Å². The van der Waals surface area contributed by atoms with Crippen LogP contribution in [0, 0.1) is 5.92 Å². The molecular weight excluding hydrogens is 232 g/mol. The lowest BCUT2D eigenvalue weighted by molar-refractivity contribution is 0.490. The van der Waals surface area contributed by atoms with Crippen LogP contribution in [0.4, 0.5) is 0 Å². The average Bonchev–Trinajstić information content (AvgIpc) is 2.49. The van der Waals surface area contributed by atoms with Crippen molar-refractivity contribution in [3.05, 3.63) is 71.8 Å². The van der Waals surface area contributed by atoms with Gasteiger partial charge < -0.3 is 0 Å². The normalized spacial score (nSPS) is 10.6. The van der Waals surface area contributed by atoms with Crippen LogP contribution in [0.1, 0.15) is 24.0 Å². The molecule has 2 rings (SSSR count).